The summed E-state index contributed by atoms with van der Waals surface area (Å²) in [6.07, 6.45) is 1.03. The lowest BCUT2D eigenvalue weighted by molar-refractivity contribution is 0.0951. The maximum atomic E-state index is 12.3. The summed E-state index contributed by atoms with van der Waals surface area (Å²) in [5.41, 5.74) is 4.46. The Morgan fingerprint density at radius 2 is 1.88 bits per heavy atom. The third-order valence-electron chi connectivity index (χ3n) is 4.44. The van der Waals surface area contributed by atoms with Crippen molar-refractivity contribution in [1.29, 1.82) is 0 Å². The number of benzene rings is 2. The fraction of sp³-hybridized carbons (Fsp3) is 0.381. The molecule has 4 heteroatoms. The van der Waals surface area contributed by atoms with Crippen molar-refractivity contribution in [3.8, 4) is 5.75 Å². The highest BCUT2D eigenvalue weighted by molar-refractivity contribution is 5.94. The number of amides is 1. The fourth-order valence-corrected chi connectivity index (χ4v) is 2.86. The van der Waals surface area contributed by atoms with Gasteiger partial charge in [-0.25, -0.2) is 0 Å². The van der Waals surface area contributed by atoms with Gasteiger partial charge in [0.25, 0.3) is 5.91 Å². The second kappa shape index (κ2) is 8.17. The molecule has 1 heterocycles. The molecule has 0 bridgehead atoms. The van der Waals surface area contributed by atoms with E-state index in [4.69, 9.17) is 4.74 Å². The van der Waals surface area contributed by atoms with Gasteiger partial charge in [-0.1, -0.05) is 32.0 Å². The number of carbonyl (C=O) groups excluding carboxylic acids is 1. The SMILES string of the molecule is CC(C)CCOc1ccc(C(=O)NCc2ccc3c(c2)CNC3)cc1. The van der Waals surface area contributed by atoms with Gasteiger partial charge in [0.2, 0.25) is 0 Å². The number of fused-ring (bicyclic) bond motifs is 1. The quantitative estimate of drug-likeness (QED) is 0.810. The summed E-state index contributed by atoms with van der Waals surface area (Å²) in [5.74, 6) is 1.37. The van der Waals surface area contributed by atoms with Crippen molar-refractivity contribution in [3.63, 3.8) is 0 Å². The van der Waals surface area contributed by atoms with E-state index in [1.807, 2.05) is 24.3 Å². The van der Waals surface area contributed by atoms with E-state index in [0.717, 1.165) is 30.8 Å². The summed E-state index contributed by atoms with van der Waals surface area (Å²) >= 11 is 0. The summed E-state index contributed by atoms with van der Waals surface area (Å²) < 4.78 is 5.69. The Hall–Kier alpha value is -2.33. The zero-order valence-corrected chi connectivity index (χ0v) is 15.0. The largest absolute Gasteiger partial charge is 0.494 e. The van der Waals surface area contributed by atoms with E-state index in [1.54, 1.807) is 0 Å². The molecule has 0 saturated heterocycles. The maximum absolute atomic E-state index is 12.3. The maximum Gasteiger partial charge on any atom is 0.251 e. The van der Waals surface area contributed by atoms with Crippen molar-refractivity contribution < 1.29 is 9.53 Å². The lowest BCUT2D eigenvalue weighted by Crippen LogP contribution is -2.22. The molecule has 25 heavy (non-hydrogen) atoms. The van der Waals surface area contributed by atoms with Crippen molar-refractivity contribution in [3.05, 3.63) is 64.7 Å². The first-order valence-corrected chi connectivity index (χ1v) is 8.94. The molecular formula is C21H26N2O2. The molecule has 1 aliphatic rings. The van der Waals surface area contributed by atoms with Crippen LogP contribution >= 0.6 is 0 Å². The summed E-state index contributed by atoms with van der Waals surface area (Å²) in [5, 5.41) is 6.32. The minimum absolute atomic E-state index is 0.0626. The third-order valence-corrected chi connectivity index (χ3v) is 4.44. The first-order chi connectivity index (χ1) is 12.1. The lowest BCUT2D eigenvalue weighted by Gasteiger charge is -2.09. The van der Waals surface area contributed by atoms with Gasteiger partial charge in [-0.3, -0.25) is 4.79 Å². The Balaban J connectivity index is 1.51. The van der Waals surface area contributed by atoms with Crippen molar-refractivity contribution >= 4 is 5.91 Å². The van der Waals surface area contributed by atoms with E-state index < -0.39 is 0 Å². The normalized spacial score (nSPS) is 12.9. The molecule has 0 aromatic heterocycles. The predicted octanol–water partition coefficient (Wildman–Crippen LogP) is 3.64. The smallest absolute Gasteiger partial charge is 0.251 e. The molecule has 0 fully saturated rings. The Morgan fingerprint density at radius 3 is 2.64 bits per heavy atom. The van der Waals surface area contributed by atoms with Crippen LogP contribution in [0.1, 0.15) is 47.3 Å². The molecule has 3 rings (SSSR count). The Kier molecular flexibility index (Phi) is 5.71. The van der Waals surface area contributed by atoms with E-state index in [1.165, 1.54) is 11.1 Å². The number of nitrogens with one attached hydrogen (secondary N) is 2. The number of carbonyl (C=O) groups is 1. The summed E-state index contributed by atoms with van der Waals surface area (Å²) in [4.78, 5) is 12.3. The minimum Gasteiger partial charge on any atom is -0.494 e. The van der Waals surface area contributed by atoms with Crippen LogP contribution in [0.25, 0.3) is 0 Å². The van der Waals surface area contributed by atoms with E-state index >= 15 is 0 Å². The highest BCUT2D eigenvalue weighted by Gasteiger charge is 2.11. The Labute approximate surface area is 149 Å². The second-order valence-corrected chi connectivity index (χ2v) is 6.94. The minimum atomic E-state index is -0.0626. The topological polar surface area (TPSA) is 50.4 Å². The monoisotopic (exact) mass is 338 g/mol. The fourth-order valence-electron chi connectivity index (χ4n) is 2.86. The molecule has 132 valence electrons. The zero-order valence-electron chi connectivity index (χ0n) is 15.0. The molecule has 2 aromatic carbocycles. The molecule has 0 unspecified atom stereocenters. The number of rotatable bonds is 7. The second-order valence-electron chi connectivity index (χ2n) is 6.94. The Morgan fingerprint density at radius 1 is 1.12 bits per heavy atom. The van der Waals surface area contributed by atoms with Gasteiger partial charge in [0.1, 0.15) is 5.75 Å². The Bertz CT molecular complexity index is 723. The molecule has 1 amide bonds. The van der Waals surface area contributed by atoms with Gasteiger partial charge in [-0.05, 0) is 53.3 Å². The predicted molar refractivity (Wildman–Crippen MR) is 99.5 cm³/mol. The van der Waals surface area contributed by atoms with E-state index in [9.17, 15) is 4.79 Å². The molecule has 0 radical (unpaired) electrons. The average Bonchev–Trinajstić information content (AvgIpc) is 3.07. The number of hydrogen-bond acceptors (Lipinski definition) is 3. The van der Waals surface area contributed by atoms with Crippen LogP contribution in [0.2, 0.25) is 0 Å². The number of ether oxygens (including phenoxy) is 1. The average molecular weight is 338 g/mol. The van der Waals surface area contributed by atoms with Crippen molar-refractivity contribution in [2.75, 3.05) is 6.61 Å². The van der Waals surface area contributed by atoms with Crippen molar-refractivity contribution in [2.24, 2.45) is 5.92 Å². The van der Waals surface area contributed by atoms with Crippen LogP contribution in [-0.4, -0.2) is 12.5 Å². The lowest BCUT2D eigenvalue weighted by atomic mass is 10.1. The van der Waals surface area contributed by atoms with Gasteiger partial charge < -0.3 is 15.4 Å². The van der Waals surface area contributed by atoms with Gasteiger partial charge in [-0.15, -0.1) is 0 Å². The van der Waals surface area contributed by atoms with Crippen LogP contribution in [0, 0.1) is 5.92 Å². The van der Waals surface area contributed by atoms with E-state index in [-0.39, 0.29) is 5.91 Å². The molecular weight excluding hydrogens is 312 g/mol. The summed E-state index contributed by atoms with van der Waals surface area (Å²) in [7, 11) is 0. The van der Waals surface area contributed by atoms with Gasteiger partial charge >= 0.3 is 0 Å². The van der Waals surface area contributed by atoms with Crippen LogP contribution in [0.15, 0.2) is 42.5 Å². The molecule has 0 saturated carbocycles. The van der Waals surface area contributed by atoms with Crippen molar-refractivity contribution in [2.45, 2.75) is 39.9 Å². The van der Waals surface area contributed by atoms with Crippen LogP contribution in [0.5, 0.6) is 5.75 Å². The van der Waals surface area contributed by atoms with Crippen LogP contribution in [0.3, 0.4) is 0 Å². The highest BCUT2D eigenvalue weighted by Crippen LogP contribution is 2.17. The number of hydrogen-bond donors (Lipinski definition) is 2. The standard InChI is InChI=1S/C21H26N2O2/c1-15(2)9-10-25-20-7-5-17(6-8-20)21(24)23-12-16-3-4-18-13-22-14-19(18)11-16/h3-8,11,15,22H,9-10,12-14H2,1-2H3,(H,23,24). The van der Waals surface area contributed by atoms with Gasteiger partial charge in [-0.2, -0.15) is 0 Å². The molecule has 1 aliphatic heterocycles. The van der Waals surface area contributed by atoms with Gasteiger partial charge in [0, 0.05) is 25.2 Å². The highest BCUT2D eigenvalue weighted by atomic mass is 16.5. The van der Waals surface area contributed by atoms with Gasteiger partial charge in [0.15, 0.2) is 0 Å². The van der Waals surface area contributed by atoms with Gasteiger partial charge in [0.05, 0.1) is 6.61 Å². The molecule has 0 spiro atoms. The molecule has 4 nitrogen and oxygen atoms in total. The van der Waals surface area contributed by atoms with Crippen LogP contribution < -0.4 is 15.4 Å². The van der Waals surface area contributed by atoms with Crippen LogP contribution in [-0.2, 0) is 19.6 Å². The summed E-state index contributed by atoms with van der Waals surface area (Å²) in [6, 6.07) is 13.7. The zero-order chi connectivity index (χ0) is 17.6. The summed E-state index contributed by atoms with van der Waals surface area (Å²) in [6.45, 7) is 7.45. The van der Waals surface area contributed by atoms with E-state index in [0.29, 0.717) is 24.6 Å². The van der Waals surface area contributed by atoms with Crippen LogP contribution in [0.4, 0.5) is 0 Å². The molecule has 2 aromatic rings. The van der Waals surface area contributed by atoms with E-state index in [2.05, 4.69) is 42.7 Å². The first kappa shape index (κ1) is 17.5. The molecule has 0 atom stereocenters. The van der Waals surface area contributed by atoms with Crippen molar-refractivity contribution in [1.82, 2.24) is 10.6 Å². The third kappa shape index (κ3) is 4.83. The first-order valence-electron chi connectivity index (χ1n) is 8.94. The molecule has 2 N–H and O–H groups in total. The molecule has 0 aliphatic carbocycles.